The highest BCUT2D eigenvalue weighted by molar-refractivity contribution is 5.69. The summed E-state index contributed by atoms with van der Waals surface area (Å²) in [5, 5.41) is 8.61. The third-order valence-electron chi connectivity index (χ3n) is 2.02. The van der Waals surface area contributed by atoms with Gasteiger partial charge in [-0.3, -0.25) is 9.59 Å². The van der Waals surface area contributed by atoms with E-state index in [1.165, 1.54) is 0 Å². The second-order valence-corrected chi connectivity index (χ2v) is 3.23. The Morgan fingerprint density at radius 1 is 1.65 bits per heavy atom. The molecule has 0 aliphatic heterocycles. The lowest BCUT2D eigenvalue weighted by Crippen LogP contribution is -2.11. The Hall–Kier alpha value is -2.29. The summed E-state index contributed by atoms with van der Waals surface area (Å²) in [5.41, 5.74) is 4.67. The molecule has 0 saturated heterocycles. The van der Waals surface area contributed by atoms with E-state index in [-0.39, 0.29) is 36.0 Å². The van der Waals surface area contributed by atoms with Crippen LogP contribution in [0.1, 0.15) is 24.7 Å². The number of esters is 1. The lowest BCUT2D eigenvalue weighted by molar-refractivity contribution is -0.143. The average Bonchev–Trinajstić information content (AvgIpc) is 2.26. The lowest BCUT2D eigenvalue weighted by Gasteiger charge is -2.03. The molecule has 2 N–H and O–H groups in total. The van der Waals surface area contributed by atoms with Gasteiger partial charge in [-0.15, -0.1) is 0 Å². The summed E-state index contributed by atoms with van der Waals surface area (Å²) >= 11 is 0. The molecule has 0 aromatic carbocycles. The zero-order valence-corrected chi connectivity index (χ0v) is 9.36. The highest BCUT2D eigenvalue weighted by Crippen LogP contribution is 2.10. The maximum absolute atomic E-state index is 11.4. The Morgan fingerprint density at radius 3 is 2.88 bits per heavy atom. The Morgan fingerprint density at radius 2 is 2.35 bits per heavy atom. The third kappa shape index (κ3) is 3.34. The summed E-state index contributed by atoms with van der Waals surface area (Å²) in [6.45, 7) is 2.01. The van der Waals surface area contributed by atoms with Gasteiger partial charge in [0.2, 0.25) is 11.3 Å². The van der Waals surface area contributed by atoms with Crippen LogP contribution in [0, 0.1) is 11.3 Å². The van der Waals surface area contributed by atoms with E-state index in [1.54, 1.807) is 13.0 Å². The van der Waals surface area contributed by atoms with Crippen LogP contribution in [0.25, 0.3) is 0 Å². The number of nitrogens with two attached hydrogens (primary N) is 1. The van der Waals surface area contributed by atoms with Crippen LogP contribution < -0.4 is 11.2 Å². The molecule has 0 atom stereocenters. The number of hydrogen-bond acceptors (Lipinski definition) is 6. The minimum Gasteiger partial charge on any atom is -0.466 e. The van der Waals surface area contributed by atoms with Gasteiger partial charge in [0.1, 0.15) is 11.8 Å². The van der Waals surface area contributed by atoms with Crippen LogP contribution in [-0.4, -0.2) is 12.6 Å². The first-order valence-corrected chi connectivity index (χ1v) is 5.06. The molecule has 0 amide bonds. The lowest BCUT2D eigenvalue weighted by atomic mass is 10.2. The van der Waals surface area contributed by atoms with Crippen molar-refractivity contribution in [3.63, 3.8) is 0 Å². The summed E-state index contributed by atoms with van der Waals surface area (Å²) in [6, 6.07) is 2.81. The summed E-state index contributed by atoms with van der Waals surface area (Å²) in [6.07, 6.45) is 0.312. The molecule has 6 nitrogen and oxygen atoms in total. The maximum atomic E-state index is 11.4. The molecule has 1 aromatic rings. The van der Waals surface area contributed by atoms with Crippen molar-refractivity contribution in [2.24, 2.45) is 0 Å². The topological polar surface area (TPSA) is 106 Å². The number of nitrogens with zero attached hydrogens (tertiary/aromatic N) is 1. The van der Waals surface area contributed by atoms with Crippen LogP contribution in [-0.2, 0) is 16.0 Å². The number of nitriles is 1. The molecule has 90 valence electrons. The van der Waals surface area contributed by atoms with Crippen molar-refractivity contribution in [1.82, 2.24) is 0 Å². The summed E-state index contributed by atoms with van der Waals surface area (Å²) in [5.74, 6) is -0.337. The number of ether oxygens (including phenoxy) is 1. The molecular weight excluding hydrogens is 224 g/mol. The Balaban J connectivity index is 2.78. The number of anilines is 1. The van der Waals surface area contributed by atoms with Crippen molar-refractivity contribution >= 4 is 11.9 Å². The van der Waals surface area contributed by atoms with Gasteiger partial charge in [-0.2, -0.15) is 5.26 Å². The van der Waals surface area contributed by atoms with Gasteiger partial charge in [-0.25, -0.2) is 0 Å². The third-order valence-corrected chi connectivity index (χ3v) is 2.02. The van der Waals surface area contributed by atoms with E-state index in [0.29, 0.717) is 6.61 Å². The van der Waals surface area contributed by atoms with Crippen molar-refractivity contribution in [1.29, 1.82) is 5.26 Å². The molecule has 0 unspecified atom stereocenters. The van der Waals surface area contributed by atoms with Crippen LogP contribution in [0.4, 0.5) is 5.88 Å². The van der Waals surface area contributed by atoms with Crippen molar-refractivity contribution in [2.45, 2.75) is 19.8 Å². The first-order chi connectivity index (χ1) is 8.08. The minimum absolute atomic E-state index is 0.0993. The van der Waals surface area contributed by atoms with Crippen LogP contribution >= 0.6 is 0 Å². The monoisotopic (exact) mass is 236 g/mol. The predicted molar refractivity (Wildman–Crippen MR) is 59.1 cm³/mol. The SMILES string of the molecule is CCOC(=O)CCc1cc(=O)c(C#N)c(N)o1. The molecule has 17 heavy (non-hydrogen) atoms. The van der Waals surface area contributed by atoms with Crippen LogP contribution in [0.5, 0.6) is 0 Å². The van der Waals surface area contributed by atoms with E-state index in [1.807, 2.05) is 0 Å². The van der Waals surface area contributed by atoms with E-state index >= 15 is 0 Å². The molecule has 0 fully saturated rings. The van der Waals surface area contributed by atoms with Gasteiger partial charge >= 0.3 is 5.97 Å². The number of rotatable bonds is 4. The second kappa shape index (κ2) is 5.70. The van der Waals surface area contributed by atoms with Crippen LogP contribution in [0.3, 0.4) is 0 Å². The second-order valence-electron chi connectivity index (χ2n) is 3.23. The summed E-state index contributed by atoms with van der Waals surface area (Å²) < 4.78 is 9.78. The van der Waals surface area contributed by atoms with Crippen molar-refractivity contribution < 1.29 is 13.9 Å². The largest absolute Gasteiger partial charge is 0.466 e. The van der Waals surface area contributed by atoms with Gasteiger partial charge in [0.15, 0.2) is 5.56 Å². The first-order valence-electron chi connectivity index (χ1n) is 5.06. The van der Waals surface area contributed by atoms with Gasteiger partial charge in [-0.05, 0) is 6.92 Å². The molecule has 0 aliphatic rings. The van der Waals surface area contributed by atoms with E-state index in [2.05, 4.69) is 0 Å². The zero-order chi connectivity index (χ0) is 12.8. The summed E-state index contributed by atoms with van der Waals surface area (Å²) in [7, 11) is 0. The van der Waals surface area contributed by atoms with Crippen molar-refractivity contribution in [3.8, 4) is 6.07 Å². The van der Waals surface area contributed by atoms with Gasteiger partial charge in [0.25, 0.3) is 0 Å². The fourth-order valence-corrected chi connectivity index (χ4v) is 1.25. The van der Waals surface area contributed by atoms with Crippen molar-refractivity contribution in [2.75, 3.05) is 12.3 Å². The predicted octanol–water partition coefficient (Wildman–Crippen LogP) is 0.589. The van der Waals surface area contributed by atoms with Gasteiger partial charge < -0.3 is 14.9 Å². The average molecular weight is 236 g/mol. The molecule has 0 aliphatic carbocycles. The minimum atomic E-state index is -0.505. The van der Waals surface area contributed by atoms with E-state index < -0.39 is 5.43 Å². The fourth-order valence-electron chi connectivity index (χ4n) is 1.25. The number of carbonyl (C=O) groups excluding carboxylic acids is 1. The van der Waals surface area contributed by atoms with E-state index in [4.69, 9.17) is 20.1 Å². The molecule has 0 bridgehead atoms. The molecule has 1 heterocycles. The van der Waals surface area contributed by atoms with Gasteiger partial charge in [0.05, 0.1) is 13.0 Å². The number of nitrogen functional groups attached to an aromatic ring is 1. The Kier molecular flexibility index (Phi) is 4.29. The Bertz CT molecular complexity index is 513. The number of carbonyl (C=O) groups is 1. The molecule has 0 saturated carbocycles. The molecule has 1 rings (SSSR count). The molecular formula is C11H12N2O4. The number of hydrogen-bond donors (Lipinski definition) is 1. The molecule has 6 heteroatoms. The van der Waals surface area contributed by atoms with Crippen LogP contribution in [0.2, 0.25) is 0 Å². The van der Waals surface area contributed by atoms with Crippen molar-refractivity contribution in [3.05, 3.63) is 27.6 Å². The quantitative estimate of drug-likeness (QED) is 0.766. The highest BCUT2D eigenvalue weighted by atomic mass is 16.5. The summed E-state index contributed by atoms with van der Waals surface area (Å²) in [4.78, 5) is 22.5. The molecule has 0 radical (unpaired) electrons. The van der Waals surface area contributed by atoms with E-state index in [9.17, 15) is 9.59 Å². The molecule has 1 aromatic heterocycles. The fraction of sp³-hybridized carbons (Fsp3) is 0.364. The van der Waals surface area contributed by atoms with Gasteiger partial charge in [0, 0.05) is 12.5 Å². The maximum Gasteiger partial charge on any atom is 0.306 e. The number of aryl methyl sites for hydroxylation is 1. The van der Waals surface area contributed by atoms with Crippen LogP contribution in [0.15, 0.2) is 15.3 Å². The molecule has 0 spiro atoms. The smallest absolute Gasteiger partial charge is 0.306 e. The standard InChI is InChI=1S/C11H12N2O4/c1-2-16-10(15)4-3-7-5-9(14)8(6-12)11(13)17-7/h5H,2-4,13H2,1H3. The zero-order valence-electron chi connectivity index (χ0n) is 9.36. The normalized spacial score (nSPS) is 9.65. The van der Waals surface area contributed by atoms with E-state index in [0.717, 1.165) is 6.07 Å². The first kappa shape index (κ1) is 12.8. The Labute approximate surface area is 97.6 Å². The highest BCUT2D eigenvalue weighted by Gasteiger charge is 2.10. The van der Waals surface area contributed by atoms with Gasteiger partial charge in [-0.1, -0.05) is 0 Å².